The first-order valence-corrected chi connectivity index (χ1v) is 6.63. The van der Waals surface area contributed by atoms with Crippen molar-refractivity contribution in [2.45, 2.75) is 23.6 Å². The van der Waals surface area contributed by atoms with Crippen molar-refractivity contribution in [3.05, 3.63) is 22.8 Å². The predicted molar refractivity (Wildman–Crippen MR) is 75.2 cm³/mol. The Morgan fingerprint density at radius 3 is 2.61 bits per heavy atom. The Morgan fingerprint density at radius 1 is 1.39 bits per heavy atom. The second-order valence-corrected chi connectivity index (χ2v) is 6.15. The van der Waals surface area contributed by atoms with Crippen LogP contribution in [0.1, 0.15) is 25.3 Å². The molecule has 0 fully saturated rings. The molecule has 1 heterocycles. The van der Waals surface area contributed by atoms with E-state index in [0.717, 1.165) is 6.42 Å². The van der Waals surface area contributed by atoms with E-state index in [9.17, 15) is 4.79 Å². The number of hydrazine groups is 1. The number of amides is 1. The summed E-state index contributed by atoms with van der Waals surface area (Å²) in [6.07, 6.45) is 1.15. The molecule has 0 atom stereocenters. The molecule has 0 aliphatic carbocycles. The average molecular weight is 331 g/mol. The lowest BCUT2D eigenvalue weighted by Gasteiger charge is -2.14. The number of carbonyl (C=O) groups is 1. The Hall–Kier alpha value is -0.420. The van der Waals surface area contributed by atoms with Crippen molar-refractivity contribution in [1.29, 1.82) is 0 Å². The molecule has 1 aromatic rings. The molecule has 4 nitrogen and oxygen atoms in total. The number of halogens is 4. The van der Waals surface area contributed by atoms with Gasteiger partial charge in [-0.25, -0.2) is 4.98 Å². The third kappa shape index (κ3) is 5.06. The summed E-state index contributed by atoms with van der Waals surface area (Å²) >= 11 is 23.0. The largest absolute Gasteiger partial charge is 0.282 e. The van der Waals surface area contributed by atoms with Crippen LogP contribution in [0.3, 0.4) is 0 Å². The second-order valence-electron chi connectivity index (χ2n) is 3.48. The number of aromatic nitrogens is 1. The van der Waals surface area contributed by atoms with Crippen LogP contribution < -0.4 is 10.9 Å². The van der Waals surface area contributed by atoms with Crippen molar-refractivity contribution in [3.63, 3.8) is 0 Å². The van der Waals surface area contributed by atoms with Crippen LogP contribution in [0.15, 0.2) is 12.1 Å². The highest BCUT2D eigenvalue weighted by Gasteiger charge is 2.24. The molecule has 0 bridgehead atoms. The molecule has 2 N–H and O–H groups in total. The molecule has 1 rings (SSSR count). The van der Waals surface area contributed by atoms with Crippen LogP contribution in [-0.2, 0) is 8.59 Å². The first kappa shape index (κ1) is 15.6. The number of nitrogens with zero attached hydrogens (tertiary/aromatic N) is 1. The summed E-state index contributed by atoms with van der Waals surface area (Å²) in [5, 5.41) is 0.158. The van der Waals surface area contributed by atoms with Crippen LogP contribution in [0.4, 0.5) is 5.82 Å². The number of pyridine rings is 1. The molecular weight excluding hydrogens is 320 g/mol. The van der Waals surface area contributed by atoms with Crippen molar-refractivity contribution in [1.82, 2.24) is 10.4 Å². The Morgan fingerprint density at radius 2 is 2.06 bits per heavy atom. The molecule has 0 radical (unpaired) electrons. The third-order valence-electron chi connectivity index (χ3n) is 1.93. The number of rotatable bonds is 4. The second kappa shape index (κ2) is 6.66. The van der Waals surface area contributed by atoms with Gasteiger partial charge in [0.2, 0.25) is 9.70 Å². The number of anilines is 1. The van der Waals surface area contributed by atoms with E-state index >= 15 is 0 Å². The topological polar surface area (TPSA) is 54.0 Å². The Bertz CT molecular complexity index is 434. The quantitative estimate of drug-likeness (QED) is 0.501. The number of carbonyl (C=O) groups excluding carboxylic acids is 1. The first-order chi connectivity index (χ1) is 8.32. The van der Waals surface area contributed by atoms with Crippen LogP contribution in [0.2, 0.25) is 5.15 Å². The van der Waals surface area contributed by atoms with E-state index in [-0.39, 0.29) is 11.1 Å². The zero-order valence-electron chi connectivity index (χ0n) is 9.44. The molecule has 0 aromatic carbocycles. The molecule has 0 saturated heterocycles. The minimum atomic E-state index is -1.60. The smallest absolute Gasteiger partial charge is 0.238 e. The van der Waals surface area contributed by atoms with Gasteiger partial charge >= 0.3 is 0 Å². The summed E-state index contributed by atoms with van der Waals surface area (Å²) in [4.78, 5) is 15.2. The van der Waals surface area contributed by atoms with E-state index in [2.05, 4.69) is 15.8 Å². The summed E-state index contributed by atoms with van der Waals surface area (Å²) < 4.78 is -1.60. The van der Waals surface area contributed by atoms with E-state index < -0.39 is 3.79 Å². The predicted octanol–water partition coefficient (Wildman–Crippen LogP) is 3.80. The van der Waals surface area contributed by atoms with Gasteiger partial charge < -0.3 is 0 Å². The van der Waals surface area contributed by atoms with Gasteiger partial charge in [0, 0.05) is 12.0 Å². The molecule has 0 saturated carbocycles. The number of hydrogen-bond acceptors (Lipinski definition) is 3. The Labute approximate surface area is 125 Å². The van der Waals surface area contributed by atoms with Gasteiger partial charge in [-0.2, -0.15) is 0 Å². The maximum absolute atomic E-state index is 11.3. The third-order valence-corrected chi connectivity index (χ3v) is 2.78. The van der Waals surface area contributed by atoms with Crippen molar-refractivity contribution >= 4 is 58.1 Å². The van der Waals surface area contributed by atoms with Gasteiger partial charge in [-0.05, 0) is 18.6 Å². The zero-order chi connectivity index (χ0) is 13.8. The monoisotopic (exact) mass is 329 g/mol. The van der Waals surface area contributed by atoms with Crippen molar-refractivity contribution < 1.29 is 4.79 Å². The van der Waals surface area contributed by atoms with Gasteiger partial charge in [-0.3, -0.25) is 15.6 Å². The summed E-state index contributed by atoms with van der Waals surface area (Å²) in [6, 6.07) is 2.93. The number of hydrogen-bond donors (Lipinski definition) is 2. The average Bonchev–Trinajstić information content (AvgIpc) is 2.25. The number of alkyl halides is 3. The highest BCUT2D eigenvalue weighted by atomic mass is 35.6. The van der Waals surface area contributed by atoms with E-state index in [1.807, 2.05) is 6.92 Å². The summed E-state index contributed by atoms with van der Waals surface area (Å²) in [6.45, 7) is 1.90. The van der Waals surface area contributed by atoms with Gasteiger partial charge in [-0.1, -0.05) is 53.3 Å². The van der Waals surface area contributed by atoms with E-state index in [4.69, 9.17) is 46.4 Å². The van der Waals surface area contributed by atoms with Crippen LogP contribution in [0.25, 0.3) is 0 Å². The summed E-state index contributed by atoms with van der Waals surface area (Å²) in [7, 11) is 0. The lowest BCUT2D eigenvalue weighted by molar-refractivity contribution is -0.120. The fourth-order valence-corrected chi connectivity index (χ4v) is 1.68. The molecule has 0 aliphatic rings. The highest BCUT2D eigenvalue weighted by molar-refractivity contribution is 6.66. The van der Waals surface area contributed by atoms with Crippen LogP contribution >= 0.6 is 46.4 Å². The van der Waals surface area contributed by atoms with Gasteiger partial charge in [0.05, 0.1) is 0 Å². The van der Waals surface area contributed by atoms with Crippen molar-refractivity contribution in [2.24, 2.45) is 0 Å². The standard InChI is InChI=1S/C10H11Cl4N3O/c1-2-3-9(18)17-16-8-5-6(10(12,13)14)4-7(11)15-8/h4-5H,2-3H2,1H3,(H,15,16)(H,17,18). The minimum absolute atomic E-state index is 0.158. The van der Waals surface area contributed by atoms with Crippen LogP contribution in [0, 0.1) is 0 Å². The van der Waals surface area contributed by atoms with E-state index in [1.165, 1.54) is 12.1 Å². The molecule has 1 amide bonds. The fraction of sp³-hybridized carbons (Fsp3) is 0.400. The van der Waals surface area contributed by atoms with Gasteiger partial charge in [0.25, 0.3) is 0 Å². The molecular formula is C10H11Cl4N3O. The molecule has 1 aromatic heterocycles. The summed E-state index contributed by atoms with van der Waals surface area (Å²) in [5.74, 6) is 0.142. The van der Waals surface area contributed by atoms with Gasteiger partial charge in [-0.15, -0.1) is 0 Å². The molecule has 8 heteroatoms. The molecule has 18 heavy (non-hydrogen) atoms. The molecule has 0 aliphatic heterocycles. The molecule has 0 unspecified atom stereocenters. The van der Waals surface area contributed by atoms with Gasteiger partial charge in [0.15, 0.2) is 0 Å². The van der Waals surface area contributed by atoms with Crippen molar-refractivity contribution in [3.8, 4) is 0 Å². The highest BCUT2D eigenvalue weighted by Crippen LogP contribution is 2.39. The molecule has 0 spiro atoms. The minimum Gasteiger partial charge on any atom is -0.282 e. The lowest BCUT2D eigenvalue weighted by Crippen LogP contribution is -2.29. The first-order valence-electron chi connectivity index (χ1n) is 5.12. The van der Waals surface area contributed by atoms with Crippen LogP contribution in [0.5, 0.6) is 0 Å². The number of nitrogens with one attached hydrogen (secondary N) is 2. The molecule has 100 valence electrons. The maximum Gasteiger partial charge on any atom is 0.238 e. The zero-order valence-corrected chi connectivity index (χ0v) is 12.5. The lowest BCUT2D eigenvalue weighted by atomic mass is 10.3. The maximum atomic E-state index is 11.3. The van der Waals surface area contributed by atoms with Gasteiger partial charge in [0.1, 0.15) is 11.0 Å². The van der Waals surface area contributed by atoms with E-state index in [0.29, 0.717) is 17.8 Å². The van der Waals surface area contributed by atoms with Crippen molar-refractivity contribution in [2.75, 3.05) is 5.43 Å². The van der Waals surface area contributed by atoms with E-state index in [1.54, 1.807) is 0 Å². The SMILES string of the molecule is CCCC(=O)NNc1cc(C(Cl)(Cl)Cl)cc(Cl)n1. The Balaban J connectivity index is 2.78. The summed E-state index contributed by atoms with van der Waals surface area (Å²) in [5.41, 5.74) is 5.44. The Kier molecular flexibility index (Phi) is 5.79. The fourth-order valence-electron chi connectivity index (χ4n) is 1.15. The normalized spacial score (nSPS) is 11.2. The van der Waals surface area contributed by atoms with Crippen LogP contribution in [-0.4, -0.2) is 10.9 Å².